The van der Waals surface area contributed by atoms with Gasteiger partial charge in [-0.1, -0.05) is 93.8 Å². The second-order valence-corrected chi connectivity index (χ2v) is 10.4. The molecule has 7 nitrogen and oxygen atoms in total. The molecule has 7 heteroatoms. The zero-order valence-corrected chi connectivity index (χ0v) is 24.5. The van der Waals surface area contributed by atoms with E-state index < -0.39 is 6.04 Å². The summed E-state index contributed by atoms with van der Waals surface area (Å²) in [7, 11) is 1.59. The van der Waals surface area contributed by atoms with Crippen LogP contribution in [-0.4, -0.2) is 34.1 Å². The third kappa shape index (κ3) is 5.86. The SMILES string of the molecule is CCCCCCN(C(=O)Nc1cccc2ccccc12)C(CC)c1nc2ccccc2c(=O)n1-c1ccccc1OC. The molecule has 5 rings (SSSR count). The van der Waals surface area contributed by atoms with Gasteiger partial charge in [0.2, 0.25) is 0 Å². The molecule has 0 radical (unpaired) electrons. The Kier molecular flexibility index (Phi) is 9.17. The molecule has 0 saturated carbocycles. The van der Waals surface area contributed by atoms with Gasteiger partial charge in [0, 0.05) is 11.9 Å². The number of hydrogen-bond acceptors (Lipinski definition) is 4. The molecule has 0 aliphatic heterocycles. The number of methoxy groups -OCH3 is 1. The number of anilines is 1. The van der Waals surface area contributed by atoms with E-state index in [1.807, 2.05) is 96.8 Å². The number of fused-ring (bicyclic) bond motifs is 2. The second kappa shape index (κ2) is 13.3. The maximum atomic E-state index is 14.2. The first-order valence-electron chi connectivity index (χ1n) is 14.8. The molecule has 4 aromatic carbocycles. The predicted octanol–water partition coefficient (Wildman–Crippen LogP) is 8.11. The summed E-state index contributed by atoms with van der Waals surface area (Å²) in [5, 5.41) is 5.73. The van der Waals surface area contributed by atoms with E-state index in [-0.39, 0.29) is 11.6 Å². The van der Waals surface area contributed by atoms with Crippen molar-refractivity contribution in [3.05, 3.63) is 107 Å². The van der Waals surface area contributed by atoms with Gasteiger partial charge in [-0.05, 0) is 48.6 Å². The number of benzene rings is 4. The molecule has 42 heavy (non-hydrogen) atoms. The number of ether oxygens (including phenoxy) is 1. The minimum absolute atomic E-state index is 0.195. The molecule has 0 saturated heterocycles. The quantitative estimate of drug-likeness (QED) is 0.165. The van der Waals surface area contributed by atoms with E-state index in [0.717, 1.165) is 42.1 Å². The zero-order chi connectivity index (χ0) is 29.5. The van der Waals surface area contributed by atoms with Crippen molar-refractivity contribution in [2.45, 2.75) is 52.0 Å². The van der Waals surface area contributed by atoms with E-state index >= 15 is 0 Å². The van der Waals surface area contributed by atoms with Crippen molar-refractivity contribution in [3.63, 3.8) is 0 Å². The van der Waals surface area contributed by atoms with Gasteiger partial charge in [0.25, 0.3) is 5.56 Å². The van der Waals surface area contributed by atoms with E-state index in [2.05, 4.69) is 12.2 Å². The molecule has 0 aliphatic rings. The van der Waals surface area contributed by atoms with E-state index in [1.165, 1.54) is 0 Å². The number of unbranched alkanes of at least 4 members (excludes halogenated alkanes) is 3. The summed E-state index contributed by atoms with van der Waals surface area (Å²) in [4.78, 5) is 35.2. The molecule has 1 unspecified atom stereocenters. The zero-order valence-electron chi connectivity index (χ0n) is 24.5. The number of hydrogen-bond donors (Lipinski definition) is 1. The van der Waals surface area contributed by atoms with Crippen LogP contribution < -0.4 is 15.6 Å². The van der Waals surface area contributed by atoms with Gasteiger partial charge in [-0.25, -0.2) is 9.78 Å². The van der Waals surface area contributed by atoms with Crippen LogP contribution in [0.2, 0.25) is 0 Å². The molecule has 1 N–H and O–H groups in total. The Morgan fingerprint density at radius 3 is 2.38 bits per heavy atom. The Bertz CT molecular complexity index is 1740. The molecule has 0 bridgehead atoms. The topological polar surface area (TPSA) is 76.5 Å². The number of aromatic nitrogens is 2. The fourth-order valence-electron chi connectivity index (χ4n) is 5.59. The molecule has 2 amide bonds. The van der Waals surface area contributed by atoms with Crippen molar-refractivity contribution < 1.29 is 9.53 Å². The average Bonchev–Trinajstić information content (AvgIpc) is 3.03. The van der Waals surface area contributed by atoms with Crippen LogP contribution in [0.3, 0.4) is 0 Å². The summed E-state index contributed by atoms with van der Waals surface area (Å²) >= 11 is 0. The molecular weight excluding hydrogens is 524 g/mol. The molecule has 0 spiro atoms. The number of urea groups is 1. The van der Waals surface area contributed by atoms with Crippen LogP contribution in [0.1, 0.15) is 57.8 Å². The van der Waals surface area contributed by atoms with Gasteiger partial charge in [0.05, 0.1) is 35.4 Å². The van der Waals surface area contributed by atoms with Crippen molar-refractivity contribution in [1.82, 2.24) is 14.5 Å². The van der Waals surface area contributed by atoms with Crippen molar-refractivity contribution in [2.24, 2.45) is 0 Å². The molecule has 5 aromatic rings. The van der Waals surface area contributed by atoms with Crippen molar-refractivity contribution in [1.29, 1.82) is 0 Å². The highest BCUT2D eigenvalue weighted by molar-refractivity contribution is 6.01. The summed E-state index contributed by atoms with van der Waals surface area (Å²) in [5.74, 6) is 1.07. The number of rotatable bonds is 11. The number of nitrogens with one attached hydrogen (secondary N) is 1. The van der Waals surface area contributed by atoms with Gasteiger partial charge < -0.3 is 15.0 Å². The van der Waals surface area contributed by atoms with Crippen LogP contribution in [0.5, 0.6) is 5.75 Å². The number of carbonyl (C=O) groups is 1. The maximum Gasteiger partial charge on any atom is 0.322 e. The largest absolute Gasteiger partial charge is 0.495 e. The van der Waals surface area contributed by atoms with E-state index in [1.54, 1.807) is 17.7 Å². The molecule has 1 heterocycles. The summed E-state index contributed by atoms with van der Waals surface area (Å²) in [6, 6.07) is 28.0. The van der Waals surface area contributed by atoms with Crippen LogP contribution >= 0.6 is 0 Å². The summed E-state index contributed by atoms with van der Waals surface area (Å²) in [6.45, 7) is 4.73. The molecule has 1 aromatic heterocycles. The van der Waals surface area contributed by atoms with Gasteiger partial charge in [-0.15, -0.1) is 0 Å². The van der Waals surface area contributed by atoms with Crippen molar-refractivity contribution >= 4 is 33.4 Å². The van der Waals surface area contributed by atoms with Crippen LogP contribution in [0, 0.1) is 0 Å². The molecule has 0 aliphatic carbocycles. The first-order chi connectivity index (χ1) is 20.6. The number of carbonyl (C=O) groups excluding carboxylic acids is 1. The lowest BCUT2D eigenvalue weighted by atomic mass is 10.1. The van der Waals surface area contributed by atoms with E-state index in [9.17, 15) is 9.59 Å². The smallest absolute Gasteiger partial charge is 0.322 e. The van der Waals surface area contributed by atoms with Gasteiger partial charge in [0.1, 0.15) is 11.6 Å². The first kappa shape index (κ1) is 28.9. The van der Waals surface area contributed by atoms with Gasteiger partial charge in [-0.3, -0.25) is 9.36 Å². The summed E-state index contributed by atoms with van der Waals surface area (Å²) in [6.07, 6.45) is 4.61. The van der Waals surface area contributed by atoms with Crippen molar-refractivity contribution in [3.8, 4) is 11.4 Å². The standard InChI is InChI=1S/C35H38N4O3/c1-4-6-7-14-24-38(35(41)37-28-21-15-17-25-16-8-9-18-26(25)28)30(5-2)33-36-29-20-11-10-19-27(29)34(40)39(33)31-22-12-13-23-32(31)42-3/h8-13,15-23,30H,4-7,14,24H2,1-3H3,(H,37,41). The first-order valence-corrected chi connectivity index (χ1v) is 14.8. The molecular formula is C35H38N4O3. The Morgan fingerprint density at radius 1 is 0.881 bits per heavy atom. The Labute approximate surface area is 246 Å². The minimum atomic E-state index is -0.469. The highest BCUT2D eigenvalue weighted by atomic mass is 16.5. The summed E-state index contributed by atoms with van der Waals surface area (Å²) in [5.41, 5.74) is 1.75. The normalized spacial score (nSPS) is 11.9. The average molecular weight is 563 g/mol. The third-order valence-electron chi connectivity index (χ3n) is 7.73. The van der Waals surface area contributed by atoms with E-state index in [0.29, 0.717) is 41.1 Å². The third-order valence-corrected chi connectivity index (χ3v) is 7.73. The lowest BCUT2D eigenvalue weighted by molar-refractivity contribution is 0.179. The number of para-hydroxylation sites is 3. The van der Waals surface area contributed by atoms with Gasteiger partial charge in [0.15, 0.2) is 0 Å². The fraction of sp³-hybridized carbons (Fsp3) is 0.286. The highest BCUT2D eigenvalue weighted by Gasteiger charge is 2.30. The Morgan fingerprint density at radius 2 is 1.60 bits per heavy atom. The van der Waals surface area contributed by atoms with Gasteiger partial charge >= 0.3 is 6.03 Å². The summed E-state index contributed by atoms with van der Waals surface area (Å²) < 4.78 is 7.30. The Balaban J connectivity index is 1.64. The Hall–Kier alpha value is -4.65. The van der Waals surface area contributed by atoms with E-state index in [4.69, 9.17) is 9.72 Å². The van der Waals surface area contributed by atoms with Crippen LogP contribution in [0.25, 0.3) is 27.4 Å². The van der Waals surface area contributed by atoms with Gasteiger partial charge in [-0.2, -0.15) is 0 Å². The van der Waals surface area contributed by atoms with Crippen LogP contribution in [-0.2, 0) is 0 Å². The fourth-order valence-corrected chi connectivity index (χ4v) is 5.59. The highest BCUT2D eigenvalue weighted by Crippen LogP contribution is 2.31. The van der Waals surface area contributed by atoms with Crippen LogP contribution in [0.4, 0.5) is 10.5 Å². The molecule has 216 valence electrons. The number of nitrogens with zero attached hydrogens (tertiary/aromatic N) is 3. The lowest BCUT2D eigenvalue weighted by Gasteiger charge is -2.33. The second-order valence-electron chi connectivity index (χ2n) is 10.4. The lowest BCUT2D eigenvalue weighted by Crippen LogP contribution is -2.41. The monoisotopic (exact) mass is 562 g/mol. The van der Waals surface area contributed by atoms with Crippen LogP contribution in [0.15, 0.2) is 95.8 Å². The predicted molar refractivity (Wildman–Crippen MR) is 171 cm³/mol. The molecule has 1 atom stereocenters. The number of amides is 2. The van der Waals surface area contributed by atoms with Crippen molar-refractivity contribution in [2.75, 3.05) is 19.0 Å². The minimum Gasteiger partial charge on any atom is -0.495 e. The molecule has 0 fully saturated rings. The maximum absolute atomic E-state index is 14.2.